The number of carbonyl (C=O) groups is 2. The van der Waals surface area contributed by atoms with E-state index in [-0.39, 0.29) is 13.1 Å². The first kappa shape index (κ1) is 19.2. The van der Waals surface area contributed by atoms with Gasteiger partial charge in [-0.3, -0.25) is 4.79 Å². The van der Waals surface area contributed by atoms with Crippen LogP contribution in [0.3, 0.4) is 0 Å². The Labute approximate surface area is 146 Å². The van der Waals surface area contributed by atoms with Crippen LogP contribution in [0.15, 0.2) is 24.3 Å². The van der Waals surface area contributed by atoms with E-state index < -0.39 is 28.2 Å². The summed E-state index contributed by atoms with van der Waals surface area (Å²) in [6, 6.07) is 6.73. The molecule has 1 aromatic rings. The lowest BCUT2D eigenvalue weighted by atomic mass is 10.2. The van der Waals surface area contributed by atoms with Crippen LogP contribution >= 0.6 is 0 Å². The molecule has 9 nitrogen and oxygen atoms in total. The zero-order valence-corrected chi connectivity index (χ0v) is 15.3. The first-order valence-electron chi connectivity index (χ1n) is 7.46. The van der Waals surface area contributed by atoms with E-state index in [4.69, 9.17) is 4.74 Å². The molecule has 0 saturated carbocycles. The number of ether oxygens (including phenoxy) is 2. The molecule has 2 rings (SSSR count). The summed E-state index contributed by atoms with van der Waals surface area (Å²) in [4.78, 5) is 25.8. The maximum Gasteiger partial charge on any atom is 0.348 e. The van der Waals surface area contributed by atoms with Gasteiger partial charge < -0.3 is 14.4 Å². The number of para-hydroxylation sites is 2. The summed E-state index contributed by atoms with van der Waals surface area (Å²) in [6.45, 7) is -0.429. The standard InChI is InChI=1S/C15H21N3O6S/c1-16(2)25(21,22)17(3)10-14(19)18-9-13(15(20)23-4)24-12-8-6-5-7-11(12)18/h5-8,13H,9-10H2,1-4H3/t13-/m0/s1. The molecule has 10 heteroatoms. The van der Waals surface area contributed by atoms with Crippen LogP contribution < -0.4 is 9.64 Å². The first-order chi connectivity index (χ1) is 11.7. The lowest BCUT2D eigenvalue weighted by Crippen LogP contribution is -2.51. The smallest absolute Gasteiger partial charge is 0.348 e. The fourth-order valence-corrected chi connectivity index (χ4v) is 3.19. The summed E-state index contributed by atoms with van der Waals surface area (Å²) in [5.74, 6) is -0.727. The quantitative estimate of drug-likeness (QED) is 0.659. The molecule has 0 unspecified atom stereocenters. The number of fused-ring (bicyclic) bond motifs is 1. The third kappa shape index (κ3) is 3.91. The number of hydrogen-bond acceptors (Lipinski definition) is 6. The maximum atomic E-state index is 12.7. The SMILES string of the molecule is COC(=O)[C@@H]1CN(C(=O)CN(C)S(=O)(=O)N(C)C)c2ccccc2O1. The summed E-state index contributed by atoms with van der Waals surface area (Å²) in [5, 5.41) is 0. The third-order valence-electron chi connectivity index (χ3n) is 3.75. The molecule has 1 aromatic carbocycles. The van der Waals surface area contributed by atoms with Gasteiger partial charge in [-0.2, -0.15) is 17.0 Å². The van der Waals surface area contributed by atoms with Gasteiger partial charge in [0.05, 0.1) is 25.9 Å². The predicted octanol–water partition coefficient (Wildman–Crippen LogP) is -0.308. The number of benzene rings is 1. The predicted molar refractivity (Wildman–Crippen MR) is 90.5 cm³/mol. The Morgan fingerprint density at radius 1 is 1.28 bits per heavy atom. The molecule has 25 heavy (non-hydrogen) atoms. The van der Waals surface area contributed by atoms with Crippen molar-refractivity contribution in [1.82, 2.24) is 8.61 Å². The van der Waals surface area contributed by atoms with Crippen LogP contribution in [0.1, 0.15) is 0 Å². The highest BCUT2D eigenvalue weighted by Gasteiger charge is 2.35. The Kier molecular flexibility index (Phi) is 5.65. The minimum atomic E-state index is -3.73. The van der Waals surface area contributed by atoms with Gasteiger partial charge in [0.2, 0.25) is 12.0 Å². The van der Waals surface area contributed by atoms with E-state index in [1.807, 2.05) is 0 Å². The average Bonchev–Trinajstić information content (AvgIpc) is 2.59. The number of hydrogen-bond donors (Lipinski definition) is 0. The minimum absolute atomic E-state index is 0.0572. The number of carbonyl (C=O) groups excluding carboxylic acids is 2. The number of methoxy groups -OCH3 is 1. The van der Waals surface area contributed by atoms with E-state index in [9.17, 15) is 18.0 Å². The number of likely N-dealkylation sites (N-methyl/N-ethyl adjacent to an activating group) is 1. The highest BCUT2D eigenvalue weighted by atomic mass is 32.2. The third-order valence-corrected chi connectivity index (χ3v) is 5.59. The normalized spacial score (nSPS) is 17.2. The number of rotatable bonds is 5. The monoisotopic (exact) mass is 371 g/mol. The Hall–Kier alpha value is -2.17. The van der Waals surface area contributed by atoms with Crippen LogP contribution in [0, 0.1) is 0 Å². The lowest BCUT2D eigenvalue weighted by molar-refractivity contribution is -0.148. The van der Waals surface area contributed by atoms with Crippen molar-refractivity contribution in [3.63, 3.8) is 0 Å². The molecule has 1 heterocycles. The Morgan fingerprint density at radius 3 is 2.52 bits per heavy atom. The van der Waals surface area contributed by atoms with Crippen molar-refractivity contribution < 1.29 is 27.5 Å². The van der Waals surface area contributed by atoms with Gasteiger partial charge in [0.1, 0.15) is 5.75 Å². The summed E-state index contributed by atoms with van der Waals surface area (Å²) < 4.78 is 36.4. The molecule has 1 aliphatic heterocycles. The number of amides is 1. The summed E-state index contributed by atoms with van der Waals surface area (Å²) in [6.07, 6.45) is -0.973. The van der Waals surface area contributed by atoms with Crippen molar-refractivity contribution in [2.24, 2.45) is 0 Å². The zero-order chi connectivity index (χ0) is 18.8. The van der Waals surface area contributed by atoms with Crippen LogP contribution in [0.2, 0.25) is 0 Å². The van der Waals surface area contributed by atoms with Crippen LogP contribution in [-0.4, -0.2) is 76.4 Å². The fourth-order valence-electron chi connectivity index (χ4n) is 2.36. The van der Waals surface area contributed by atoms with Gasteiger partial charge in [-0.25, -0.2) is 4.79 Å². The molecule has 0 saturated heterocycles. The molecule has 1 amide bonds. The van der Waals surface area contributed by atoms with E-state index >= 15 is 0 Å². The van der Waals surface area contributed by atoms with Crippen LogP contribution in [0.5, 0.6) is 5.75 Å². The Bertz CT molecular complexity index is 764. The minimum Gasteiger partial charge on any atom is -0.475 e. The first-order valence-corrected chi connectivity index (χ1v) is 8.86. The van der Waals surface area contributed by atoms with Crippen LogP contribution in [0.25, 0.3) is 0 Å². The second-order valence-electron chi connectivity index (χ2n) is 5.65. The van der Waals surface area contributed by atoms with Crippen molar-refractivity contribution in [3.8, 4) is 5.75 Å². The molecule has 0 spiro atoms. The second kappa shape index (κ2) is 7.38. The number of esters is 1. The zero-order valence-electron chi connectivity index (χ0n) is 14.5. The topological polar surface area (TPSA) is 96.5 Å². The second-order valence-corrected chi connectivity index (χ2v) is 7.90. The van der Waals surface area contributed by atoms with E-state index in [0.717, 1.165) is 8.61 Å². The maximum absolute atomic E-state index is 12.7. The van der Waals surface area contributed by atoms with Crippen LogP contribution in [0.4, 0.5) is 5.69 Å². The average molecular weight is 371 g/mol. The fraction of sp³-hybridized carbons (Fsp3) is 0.467. The highest BCUT2D eigenvalue weighted by Crippen LogP contribution is 2.33. The lowest BCUT2D eigenvalue weighted by Gasteiger charge is -2.34. The molecule has 0 aliphatic carbocycles. The van der Waals surface area contributed by atoms with Gasteiger partial charge in [-0.1, -0.05) is 12.1 Å². The number of nitrogens with zero attached hydrogens (tertiary/aromatic N) is 3. The molecule has 0 aromatic heterocycles. The van der Waals surface area contributed by atoms with Gasteiger partial charge in [0.15, 0.2) is 0 Å². The van der Waals surface area contributed by atoms with Gasteiger partial charge >= 0.3 is 5.97 Å². The van der Waals surface area contributed by atoms with Gasteiger partial charge in [0.25, 0.3) is 10.2 Å². The summed E-state index contributed by atoms with van der Waals surface area (Å²) >= 11 is 0. The van der Waals surface area contributed by atoms with Crippen molar-refractivity contribution in [2.75, 3.05) is 46.2 Å². The van der Waals surface area contributed by atoms with Gasteiger partial charge in [-0.05, 0) is 12.1 Å². The number of anilines is 1. The molecule has 1 aliphatic rings. The highest BCUT2D eigenvalue weighted by molar-refractivity contribution is 7.86. The van der Waals surface area contributed by atoms with E-state index in [1.54, 1.807) is 24.3 Å². The Balaban J connectivity index is 2.27. The largest absolute Gasteiger partial charge is 0.475 e. The molecule has 0 fully saturated rings. The molecule has 0 bridgehead atoms. The van der Waals surface area contributed by atoms with E-state index in [2.05, 4.69) is 4.74 Å². The van der Waals surface area contributed by atoms with Gasteiger partial charge in [0, 0.05) is 21.1 Å². The molecule has 0 radical (unpaired) electrons. The molecular weight excluding hydrogens is 350 g/mol. The summed E-state index contributed by atoms with van der Waals surface area (Å²) in [7, 11) is 1.59. The van der Waals surface area contributed by atoms with Crippen molar-refractivity contribution in [1.29, 1.82) is 0 Å². The molecular formula is C15H21N3O6S. The van der Waals surface area contributed by atoms with Crippen molar-refractivity contribution in [2.45, 2.75) is 6.10 Å². The van der Waals surface area contributed by atoms with E-state index in [1.165, 1.54) is 33.2 Å². The molecule has 0 N–H and O–H groups in total. The van der Waals surface area contributed by atoms with E-state index in [0.29, 0.717) is 11.4 Å². The Morgan fingerprint density at radius 2 is 1.92 bits per heavy atom. The molecule has 1 atom stereocenters. The van der Waals surface area contributed by atoms with Crippen molar-refractivity contribution in [3.05, 3.63) is 24.3 Å². The summed E-state index contributed by atoms with van der Waals surface area (Å²) in [5.41, 5.74) is 0.475. The van der Waals surface area contributed by atoms with Crippen LogP contribution in [-0.2, 0) is 24.5 Å². The van der Waals surface area contributed by atoms with Gasteiger partial charge in [-0.15, -0.1) is 0 Å². The molecule has 138 valence electrons. The van der Waals surface area contributed by atoms with Crippen molar-refractivity contribution >= 4 is 27.8 Å².